The van der Waals surface area contributed by atoms with Gasteiger partial charge in [0.2, 0.25) is 0 Å². The van der Waals surface area contributed by atoms with Gasteiger partial charge in [-0.1, -0.05) is 25.4 Å². The Kier molecular flexibility index (Phi) is 5.07. The Labute approximate surface area is 131 Å². The number of Topliss-reactive ketones (excluding diaryl/α,β-unsaturated/α-hetero) is 1. The Hall–Kier alpha value is -1.04. The number of nitrogen functional groups attached to an aromatic ring is 1. The third kappa shape index (κ3) is 3.75. The zero-order chi connectivity index (χ0) is 14.7. The lowest BCUT2D eigenvalue weighted by Crippen LogP contribution is -2.07. The lowest BCUT2D eigenvalue weighted by atomic mass is 10.1. The van der Waals surface area contributed by atoms with Crippen LogP contribution in [0.5, 0.6) is 0 Å². The molecule has 2 heterocycles. The largest absolute Gasteiger partial charge is 0.397 e. The van der Waals surface area contributed by atoms with Crippen molar-refractivity contribution in [2.45, 2.75) is 20.3 Å². The lowest BCUT2D eigenvalue weighted by molar-refractivity contribution is 0.0944. The highest BCUT2D eigenvalue weighted by Crippen LogP contribution is 2.31. The second-order valence-electron chi connectivity index (χ2n) is 4.80. The smallest absolute Gasteiger partial charge is 0.177 e. The Morgan fingerprint density at radius 2 is 2.15 bits per heavy atom. The summed E-state index contributed by atoms with van der Waals surface area (Å²) < 4.78 is 0.810. The molecule has 0 saturated heterocycles. The Balaban J connectivity index is 1.94. The molecular formula is C14H17ClN2OS2. The highest BCUT2D eigenvalue weighted by atomic mass is 35.5. The molecule has 108 valence electrons. The first-order valence-electron chi connectivity index (χ1n) is 6.39. The van der Waals surface area contributed by atoms with E-state index < -0.39 is 0 Å². The third-order valence-electron chi connectivity index (χ3n) is 2.81. The third-order valence-corrected chi connectivity index (χ3v) is 5.22. The molecular weight excluding hydrogens is 312 g/mol. The molecule has 2 aromatic heterocycles. The van der Waals surface area contributed by atoms with E-state index in [1.54, 1.807) is 11.3 Å². The summed E-state index contributed by atoms with van der Waals surface area (Å²) in [5, 5.41) is 4.25. The summed E-state index contributed by atoms with van der Waals surface area (Å²) >= 11 is 8.91. The van der Waals surface area contributed by atoms with E-state index in [0.29, 0.717) is 10.6 Å². The van der Waals surface area contributed by atoms with E-state index in [2.05, 4.69) is 5.32 Å². The first kappa shape index (κ1) is 15.4. The van der Waals surface area contributed by atoms with Gasteiger partial charge in [0.1, 0.15) is 0 Å². The van der Waals surface area contributed by atoms with Crippen molar-refractivity contribution in [1.82, 2.24) is 0 Å². The molecule has 0 bridgehead atoms. The van der Waals surface area contributed by atoms with Crippen LogP contribution < -0.4 is 11.1 Å². The fourth-order valence-corrected chi connectivity index (χ4v) is 3.92. The van der Waals surface area contributed by atoms with Gasteiger partial charge in [-0.15, -0.1) is 22.7 Å². The molecule has 0 aliphatic carbocycles. The number of halogens is 1. The molecule has 0 unspecified atom stereocenters. The van der Waals surface area contributed by atoms with Gasteiger partial charge in [0.15, 0.2) is 5.78 Å². The number of carbonyl (C=O) groups excluding carboxylic acids is 1. The molecule has 3 nitrogen and oxygen atoms in total. The van der Waals surface area contributed by atoms with Gasteiger partial charge in [-0.3, -0.25) is 4.79 Å². The number of hydrogen-bond acceptors (Lipinski definition) is 5. The quantitative estimate of drug-likeness (QED) is 0.765. The number of hydrogen-bond donors (Lipinski definition) is 2. The second kappa shape index (κ2) is 6.61. The van der Waals surface area contributed by atoms with Gasteiger partial charge >= 0.3 is 0 Å². The van der Waals surface area contributed by atoms with Crippen molar-refractivity contribution in [3.63, 3.8) is 0 Å². The number of anilines is 2. The van der Waals surface area contributed by atoms with Crippen LogP contribution in [0, 0.1) is 5.92 Å². The van der Waals surface area contributed by atoms with Crippen LogP contribution in [-0.4, -0.2) is 12.3 Å². The second-order valence-corrected chi connectivity index (χ2v) is 7.65. The van der Waals surface area contributed by atoms with Gasteiger partial charge < -0.3 is 11.1 Å². The van der Waals surface area contributed by atoms with Gasteiger partial charge in [0.25, 0.3) is 0 Å². The zero-order valence-corrected chi connectivity index (χ0v) is 13.8. The van der Waals surface area contributed by atoms with Gasteiger partial charge in [0.05, 0.1) is 19.9 Å². The summed E-state index contributed by atoms with van der Waals surface area (Å²) in [5.41, 5.74) is 6.47. The standard InChI is InChI=1S/C14H17ClN2OS2/c1-8(2)13(18)14-10(16)7-12(20-14)17-6-5-9-3-4-11(15)19-9/h3-4,7-8,17H,5-6,16H2,1-2H3. The highest BCUT2D eigenvalue weighted by molar-refractivity contribution is 7.18. The van der Waals surface area contributed by atoms with Gasteiger partial charge in [0, 0.05) is 17.3 Å². The van der Waals surface area contributed by atoms with Crippen molar-refractivity contribution < 1.29 is 4.79 Å². The van der Waals surface area contributed by atoms with Crippen molar-refractivity contribution in [2.75, 3.05) is 17.6 Å². The molecule has 0 fully saturated rings. The molecule has 0 aliphatic rings. The molecule has 20 heavy (non-hydrogen) atoms. The van der Waals surface area contributed by atoms with Gasteiger partial charge in [-0.25, -0.2) is 0 Å². The number of rotatable bonds is 6. The molecule has 0 aliphatic heterocycles. The Bertz CT molecular complexity index is 604. The lowest BCUT2D eigenvalue weighted by Gasteiger charge is -2.02. The molecule has 3 N–H and O–H groups in total. The normalized spacial score (nSPS) is 11.0. The first-order valence-corrected chi connectivity index (χ1v) is 8.40. The number of carbonyl (C=O) groups is 1. The van der Waals surface area contributed by atoms with Crippen LogP contribution in [0.3, 0.4) is 0 Å². The van der Waals surface area contributed by atoms with E-state index in [9.17, 15) is 4.79 Å². The van der Waals surface area contributed by atoms with Crippen LogP contribution in [0.25, 0.3) is 0 Å². The number of thiophene rings is 2. The van der Waals surface area contributed by atoms with E-state index in [-0.39, 0.29) is 11.7 Å². The van der Waals surface area contributed by atoms with Crippen LogP contribution in [0.4, 0.5) is 10.7 Å². The number of ketones is 1. The predicted molar refractivity (Wildman–Crippen MR) is 89.4 cm³/mol. The summed E-state index contributed by atoms with van der Waals surface area (Å²) in [5.74, 6) is 0.0719. The molecule has 0 amide bonds. The fourth-order valence-electron chi connectivity index (χ4n) is 1.74. The molecule has 0 saturated carbocycles. The van der Waals surface area contributed by atoms with E-state index in [0.717, 1.165) is 22.3 Å². The minimum atomic E-state index is -0.0305. The first-order chi connectivity index (χ1) is 9.47. The molecule has 6 heteroatoms. The Morgan fingerprint density at radius 1 is 1.40 bits per heavy atom. The van der Waals surface area contributed by atoms with Crippen LogP contribution in [0.1, 0.15) is 28.4 Å². The topological polar surface area (TPSA) is 55.1 Å². The molecule has 0 aromatic carbocycles. The van der Waals surface area contributed by atoms with Crippen LogP contribution in [0.15, 0.2) is 18.2 Å². The molecule has 2 aromatic rings. The van der Waals surface area contributed by atoms with E-state index in [1.807, 2.05) is 32.0 Å². The van der Waals surface area contributed by atoms with E-state index in [4.69, 9.17) is 17.3 Å². The average Bonchev–Trinajstić information content (AvgIpc) is 2.95. The molecule has 2 rings (SSSR count). The minimum absolute atomic E-state index is 0.0305. The van der Waals surface area contributed by atoms with Gasteiger partial charge in [-0.05, 0) is 24.6 Å². The summed E-state index contributed by atoms with van der Waals surface area (Å²) in [6, 6.07) is 5.77. The Morgan fingerprint density at radius 3 is 2.75 bits per heavy atom. The molecule has 0 radical (unpaired) electrons. The minimum Gasteiger partial charge on any atom is -0.397 e. The van der Waals surface area contributed by atoms with Crippen molar-refractivity contribution in [1.29, 1.82) is 0 Å². The highest BCUT2D eigenvalue weighted by Gasteiger charge is 2.17. The van der Waals surface area contributed by atoms with Crippen molar-refractivity contribution in [3.8, 4) is 0 Å². The monoisotopic (exact) mass is 328 g/mol. The van der Waals surface area contributed by atoms with Crippen molar-refractivity contribution >= 4 is 50.7 Å². The summed E-state index contributed by atoms with van der Waals surface area (Å²) in [7, 11) is 0. The van der Waals surface area contributed by atoms with Crippen LogP contribution >= 0.6 is 34.3 Å². The SMILES string of the molecule is CC(C)C(=O)c1sc(NCCc2ccc(Cl)s2)cc1N. The maximum Gasteiger partial charge on any atom is 0.177 e. The molecule has 0 spiro atoms. The predicted octanol–water partition coefficient (Wildman–Crippen LogP) is 4.54. The van der Waals surface area contributed by atoms with Crippen LogP contribution in [0.2, 0.25) is 4.34 Å². The zero-order valence-electron chi connectivity index (χ0n) is 11.4. The summed E-state index contributed by atoms with van der Waals surface area (Å²) in [6.45, 7) is 4.57. The van der Waals surface area contributed by atoms with Crippen molar-refractivity contribution in [2.24, 2.45) is 5.92 Å². The van der Waals surface area contributed by atoms with Crippen LogP contribution in [-0.2, 0) is 6.42 Å². The van der Waals surface area contributed by atoms with E-state index >= 15 is 0 Å². The number of nitrogens with two attached hydrogens (primary N) is 1. The molecule has 0 atom stereocenters. The fraction of sp³-hybridized carbons (Fsp3) is 0.357. The average molecular weight is 329 g/mol. The summed E-state index contributed by atoms with van der Waals surface area (Å²) in [6.07, 6.45) is 0.905. The van der Waals surface area contributed by atoms with Crippen molar-refractivity contribution in [3.05, 3.63) is 32.3 Å². The maximum absolute atomic E-state index is 12.0. The van der Waals surface area contributed by atoms with Gasteiger partial charge in [-0.2, -0.15) is 0 Å². The summed E-state index contributed by atoms with van der Waals surface area (Å²) in [4.78, 5) is 13.9. The number of nitrogens with one attached hydrogen (secondary N) is 1. The van der Waals surface area contributed by atoms with E-state index in [1.165, 1.54) is 16.2 Å². The maximum atomic E-state index is 12.0.